The highest BCUT2D eigenvalue weighted by Gasteiger charge is 2.34. The number of hydrogen-bond acceptors (Lipinski definition) is 5. The van der Waals surface area contributed by atoms with Crippen molar-refractivity contribution in [1.29, 1.82) is 0 Å². The molecular formula is C18H22N4O2. The maximum absolute atomic E-state index is 12.9. The summed E-state index contributed by atoms with van der Waals surface area (Å²) in [4.78, 5) is 21.1. The van der Waals surface area contributed by atoms with Gasteiger partial charge in [0.15, 0.2) is 5.69 Å². The number of hydrogen-bond donors (Lipinski definition) is 0. The van der Waals surface area contributed by atoms with Gasteiger partial charge in [0, 0.05) is 38.8 Å². The molecule has 24 heavy (non-hydrogen) atoms. The molecule has 1 saturated carbocycles. The Morgan fingerprint density at radius 1 is 1.29 bits per heavy atom. The highest BCUT2D eigenvalue weighted by molar-refractivity contribution is 5.92. The van der Waals surface area contributed by atoms with Gasteiger partial charge in [0.25, 0.3) is 5.91 Å². The second-order valence-electron chi connectivity index (χ2n) is 6.89. The molecule has 2 aromatic rings. The molecule has 0 N–H and O–H groups in total. The summed E-state index contributed by atoms with van der Waals surface area (Å²) in [5.74, 6) is 2.20. The summed E-state index contributed by atoms with van der Waals surface area (Å²) in [5.41, 5.74) is 1.57. The van der Waals surface area contributed by atoms with Crippen LogP contribution >= 0.6 is 0 Å². The molecule has 1 aliphatic heterocycles. The van der Waals surface area contributed by atoms with E-state index in [-0.39, 0.29) is 11.9 Å². The minimum absolute atomic E-state index is 0.0311. The Labute approximate surface area is 141 Å². The van der Waals surface area contributed by atoms with Crippen molar-refractivity contribution in [2.24, 2.45) is 0 Å². The van der Waals surface area contributed by atoms with Crippen molar-refractivity contribution < 1.29 is 9.32 Å². The van der Waals surface area contributed by atoms with E-state index in [2.05, 4.69) is 16.2 Å². The number of rotatable bonds is 4. The van der Waals surface area contributed by atoms with Crippen LogP contribution < -0.4 is 4.90 Å². The second-order valence-corrected chi connectivity index (χ2v) is 6.89. The third-order valence-corrected chi connectivity index (χ3v) is 4.85. The molecule has 1 amide bonds. The minimum atomic E-state index is -0.0311. The molecule has 6 nitrogen and oxygen atoms in total. The van der Waals surface area contributed by atoms with Crippen LogP contribution in [0.4, 0.5) is 5.82 Å². The summed E-state index contributed by atoms with van der Waals surface area (Å²) in [6.07, 6.45) is 6.06. The van der Waals surface area contributed by atoms with E-state index < -0.39 is 0 Å². The van der Waals surface area contributed by atoms with Crippen molar-refractivity contribution in [3.63, 3.8) is 0 Å². The Hall–Kier alpha value is -2.37. The maximum atomic E-state index is 12.9. The Balaban J connectivity index is 1.57. The highest BCUT2D eigenvalue weighted by atomic mass is 16.5. The quantitative estimate of drug-likeness (QED) is 0.864. The molecule has 0 radical (unpaired) electrons. The number of likely N-dealkylation sites (tertiary alicyclic amines) is 1. The summed E-state index contributed by atoms with van der Waals surface area (Å²) in [6, 6.07) is 5.98. The van der Waals surface area contributed by atoms with Crippen LogP contribution in [0.25, 0.3) is 0 Å². The Morgan fingerprint density at radius 3 is 2.88 bits per heavy atom. The Kier molecular flexibility index (Phi) is 3.75. The van der Waals surface area contributed by atoms with E-state index in [1.165, 1.54) is 0 Å². The van der Waals surface area contributed by atoms with Crippen LogP contribution in [0.5, 0.6) is 0 Å². The molecule has 2 aliphatic rings. The van der Waals surface area contributed by atoms with Gasteiger partial charge in [0.05, 0.1) is 6.04 Å². The van der Waals surface area contributed by atoms with Gasteiger partial charge in [-0.2, -0.15) is 0 Å². The first kappa shape index (κ1) is 15.2. The third kappa shape index (κ3) is 2.77. The molecule has 1 unspecified atom stereocenters. The first-order chi connectivity index (χ1) is 11.6. The first-order valence-electron chi connectivity index (χ1n) is 8.54. The standard InChI is InChI=1S/C18H22N4O2/c1-21(2)17-10-13(7-8-19-17)15-4-3-9-22(15)18(23)14-11-16(24-20-14)12-5-6-12/h7-8,10-12,15H,3-6,9H2,1-2H3. The lowest BCUT2D eigenvalue weighted by Crippen LogP contribution is -2.31. The highest BCUT2D eigenvalue weighted by Crippen LogP contribution is 2.40. The van der Waals surface area contributed by atoms with Crippen molar-refractivity contribution in [3.8, 4) is 0 Å². The van der Waals surface area contributed by atoms with Gasteiger partial charge in [-0.25, -0.2) is 4.98 Å². The van der Waals surface area contributed by atoms with Crippen molar-refractivity contribution >= 4 is 11.7 Å². The summed E-state index contributed by atoms with van der Waals surface area (Å²) in [5, 5.41) is 4.01. The van der Waals surface area contributed by atoms with Crippen LogP contribution in [-0.2, 0) is 0 Å². The normalized spacial score (nSPS) is 20.4. The predicted octanol–water partition coefficient (Wildman–Crippen LogP) is 2.99. The number of nitrogens with zero attached hydrogens (tertiary/aromatic N) is 4. The number of aromatic nitrogens is 2. The lowest BCUT2D eigenvalue weighted by molar-refractivity contribution is 0.0725. The topological polar surface area (TPSA) is 62.5 Å². The van der Waals surface area contributed by atoms with Crippen molar-refractivity contribution in [2.75, 3.05) is 25.5 Å². The lowest BCUT2D eigenvalue weighted by Gasteiger charge is -2.25. The summed E-state index contributed by atoms with van der Waals surface area (Å²) >= 11 is 0. The summed E-state index contributed by atoms with van der Waals surface area (Å²) in [6.45, 7) is 0.759. The molecular weight excluding hydrogens is 304 g/mol. The molecule has 1 saturated heterocycles. The van der Waals surface area contributed by atoms with E-state index in [9.17, 15) is 4.79 Å². The van der Waals surface area contributed by atoms with Crippen LogP contribution in [0, 0.1) is 0 Å². The van der Waals surface area contributed by atoms with E-state index in [4.69, 9.17) is 4.52 Å². The van der Waals surface area contributed by atoms with Gasteiger partial charge >= 0.3 is 0 Å². The van der Waals surface area contributed by atoms with Crippen molar-refractivity contribution in [2.45, 2.75) is 37.6 Å². The lowest BCUT2D eigenvalue weighted by atomic mass is 10.1. The molecule has 2 fully saturated rings. The van der Waals surface area contributed by atoms with E-state index >= 15 is 0 Å². The molecule has 0 spiro atoms. The fourth-order valence-electron chi connectivity index (χ4n) is 3.34. The van der Waals surface area contributed by atoms with Gasteiger partial charge in [-0.15, -0.1) is 0 Å². The predicted molar refractivity (Wildman–Crippen MR) is 90.1 cm³/mol. The van der Waals surface area contributed by atoms with Crippen LogP contribution in [0.2, 0.25) is 0 Å². The fourth-order valence-corrected chi connectivity index (χ4v) is 3.34. The average molecular weight is 326 g/mol. The summed E-state index contributed by atoms with van der Waals surface area (Å²) < 4.78 is 5.35. The van der Waals surface area contributed by atoms with Crippen LogP contribution in [0.15, 0.2) is 28.9 Å². The number of pyridine rings is 1. The van der Waals surface area contributed by atoms with E-state index in [0.717, 1.165) is 49.4 Å². The van der Waals surface area contributed by atoms with Crippen LogP contribution in [0.3, 0.4) is 0 Å². The molecule has 126 valence electrons. The number of amides is 1. The smallest absolute Gasteiger partial charge is 0.276 e. The van der Waals surface area contributed by atoms with Gasteiger partial charge in [-0.3, -0.25) is 4.79 Å². The molecule has 1 aliphatic carbocycles. The molecule has 0 aromatic carbocycles. The largest absolute Gasteiger partial charge is 0.363 e. The molecule has 4 rings (SSSR count). The van der Waals surface area contributed by atoms with E-state index in [1.807, 2.05) is 42.2 Å². The Morgan fingerprint density at radius 2 is 2.12 bits per heavy atom. The zero-order chi connectivity index (χ0) is 16.7. The zero-order valence-corrected chi connectivity index (χ0v) is 14.1. The minimum Gasteiger partial charge on any atom is -0.363 e. The second kappa shape index (κ2) is 5.92. The fraction of sp³-hybridized carbons (Fsp3) is 0.500. The molecule has 6 heteroatoms. The van der Waals surface area contributed by atoms with Crippen LogP contribution in [0.1, 0.15) is 59.5 Å². The van der Waals surface area contributed by atoms with Gasteiger partial charge in [-0.1, -0.05) is 5.16 Å². The number of carbonyl (C=O) groups is 1. The Bertz CT molecular complexity index is 751. The van der Waals surface area contributed by atoms with Gasteiger partial charge in [0.2, 0.25) is 0 Å². The summed E-state index contributed by atoms with van der Waals surface area (Å²) in [7, 11) is 3.94. The molecule has 2 aromatic heterocycles. The first-order valence-corrected chi connectivity index (χ1v) is 8.54. The van der Waals surface area contributed by atoms with Gasteiger partial charge in [-0.05, 0) is 43.4 Å². The molecule has 3 heterocycles. The van der Waals surface area contributed by atoms with Crippen molar-refractivity contribution in [3.05, 3.63) is 41.4 Å². The SMILES string of the molecule is CN(C)c1cc(C2CCCN2C(=O)c2cc(C3CC3)on2)ccn1. The van der Waals surface area contributed by atoms with Crippen molar-refractivity contribution in [1.82, 2.24) is 15.0 Å². The zero-order valence-electron chi connectivity index (χ0n) is 14.1. The third-order valence-electron chi connectivity index (χ3n) is 4.85. The van der Waals surface area contributed by atoms with E-state index in [1.54, 1.807) is 0 Å². The average Bonchev–Trinajstić information content (AvgIpc) is 3.13. The van der Waals surface area contributed by atoms with E-state index in [0.29, 0.717) is 11.6 Å². The molecule has 0 bridgehead atoms. The number of anilines is 1. The maximum Gasteiger partial charge on any atom is 0.276 e. The van der Waals surface area contributed by atoms with Crippen LogP contribution in [-0.4, -0.2) is 41.6 Å². The molecule has 1 atom stereocenters. The van der Waals surface area contributed by atoms with Gasteiger partial charge < -0.3 is 14.3 Å². The number of carbonyl (C=O) groups excluding carboxylic acids is 1. The van der Waals surface area contributed by atoms with Gasteiger partial charge in [0.1, 0.15) is 11.6 Å². The monoisotopic (exact) mass is 326 g/mol.